The largest absolute Gasteiger partial charge is 0.520 e. The van der Waals surface area contributed by atoms with Crippen LogP contribution < -0.4 is 0 Å². The highest BCUT2D eigenvalue weighted by Gasteiger charge is 2.19. The van der Waals surface area contributed by atoms with Gasteiger partial charge in [0.25, 0.3) is 5.97 Å². The van der Waals surface area contributed by atoms with E-state index >= 15 is 0 Å². The first kappa shape index (κ1) is 28.7. The third-order valence-electron chi connectivity index (χ3n) is 5.65. The van der Waals surface area contributed by atoms with Crippen molar-refractivity contribution in [2.75, 3.05) is 0 Å². The second kappa shape index (κ2) is 20.9. The van der Waals surface area contributed by atoms with Crippen molar-refractivity contribution in [2.45, 2.75) is 161 Å². The molecule has 0 aromatic rings. The molecule has 174 valence electrons. The maximum atomic E-state index is 11.7. The van der Waals surface area contributed by atoms with Gasteiger partial charge in [-0.05, 0) is 26.1 Å². The van der Waals surface area contributed by atoms with Gasteiger partial charge in [-0.15, -0.1) is 0 Å². The molecular formula is C26H54O2Si. The Balaban J connectivity index is 3.11. The molecule has 0 radical (unpaired) electrons. The van der Waals surface area contributed by atoms with Gasteiger partial charge in [0.05, 0.1) is 0 Å². The molecule has 0 spiro atoms. The first-order valence-electron chi connectivity index (χ1n) is 13.2. The molecular weight excluding hydrogens is 372 g/mol. The highest BCUT2D eigenvalue weighted by molar-refractivity contribution is 6.71. The predicted molar refractivity (Wildman–Crippen MR) is 132 cm³/mol. The molecule has 0 unspecified atom stereocenters. The summed E-state index contributed by atoms with van der Waals surface area (Å²) < 4.78 is 5.48. The van der Waals surface area contributed by atoms with Crippen LogP contribution in [0.1, 0.15) is 142 Å². The van der Waals surface area contributed by atoms with Crippen LogP contribution in [-0.2, 0) is 9.22 Å². The van der Waals surface area contributed by atoms with Crippen molar-refractivity contribution in [2.24, 2.45) is 0 Å². The van der Waals surface area contributed by atoms with E-state index in [4.69, 9.17) is 4.43 Å². The Labute approximate surface area is 185 Å². The second-order valence-corrected chi connectivity index (χ2v) is 14.5. The van der Waals surface area contributed by atoms with Crippen molar-refractivity contribution in [3.8, 4) is 0 Å². The lowest BCUT2D eigenvalue weighted by atomic mass is 10.0. The van der Waals surface area contributed by atoms with Crippen LogP contribution in [0.25, 0.3) is 0 Å². The molecule has 0 aromatic heterocycles. The van der Waals surface area contributed by atoms with Crippen LogP contribution in [0.15, 0.2) is 0 Å². The van der Waals surface area contributed by atoms with Gasteiger partial charge in [0, 0.05) is 6.42 Å². The second-order valence-electron chi connectivity index (χ2n) is 10.1. The van der Waals surface area contributed by atoms with Crippen molar-refractivity contribution in [1.29, 1.82) is 0 Å². The molecule has 0 saturated carbocycles. The summed E-state index contributed by atoms with van der Waals surface area (Å²) >= 11 is 0. The van der Waals surface area contributed by atoms with Gasteiger partial charge in [-0.25, -0.2) is 0 Å². The monoisotopic (exact) mass is 426 g/mol. The third-order valence-corrected chi connectivity index (χ3v) is 6.49. The summed E-state index contributed by atoms with van der Waals surface area (Å²) in [6, 6.07) is 0. The Bertz CT molecular complexity index is 349. The lowest BCUT2D eigenvalue weighted by Crippen LogP contribution is -2.28. The Hall–Kier alpha value is -0.313. The van der Waals surface area contributed by atoms with E-state index in [1.807, 2.05) is 0 Å². The van der Waals surface area contributed by atoms with E-state index in [1.54, 1.807) is 0 Å². The molecule has 0 aromatic carbocycles. The topological polar surface area (TPSA) is 26.3 Å². The molecule has 29 heavy (non-hydrogen) atoms. The normalized spacial score (nSPS) is 11.7. The standard InChI is InChI=1S/C26H54O2Si/c1-5-6-7-8-9-10-11-12-13-14-15-16-17-18-19-20-21-22-23-24-25-26(27)28-29(2,3)4/h5-25H2,1-4H3. The average Bonchev–Trinajstić information content (AvgIpc) is 2.65. The van der Waals surface area contributed by atoms with E-state index in [9.17, 15) is 4.79 Å². The van der Waals surface area contributed by atoms with E-state index in [-0.39, 0.29) is 5.97 Å². The molecule has 0 bridgehead atoms. The summed E-state index contributed by atoms with van der Waals surface area (Å²) in [4.78, 5) is 11.7. The van der Waals surface area contributed by atoms with Crippen LogP contribution in [0, 0.1) is 0 Å². The van der Waals surface area contributed by atoms with Gasteiger partial charge in [0.2, 0.25) is 8.32 Å². The zero-order valence-electron chi connectivity index (χ0n) is 20.7. The van der Waals surface area contributed by atoms with E-state index in [1.165, 1.54) is 122 Å². The Morgan fingerprint density at radius 1 is 0.517 bits per heavy atom. The Morgan fingerprint density at radius 2 is 0.793 bits per heavy atom. The third kappa shape index (κ3) is 25.7. The minimum atomic E-state index is -1.69. The Morgan fingerprint density at radius 3 is 1.07 bits per heavy atom. The fourth-order valence-corrected chi connectivity index (χ4v) is 4.70. The quantitative estimate of drug-likeness (QED) is 0.127. The fourth-order valence-electron chi connectivity index (χ4n) is 3.92. The molecule has 0 fully saturated rings. The average molecular weight is 427 g/mol. The molecule has 0 aliphatic carbocycles. The molecule has 0 aliphatic heterocycles. The summed E-state index contributed by atoms with van der Waals surface area (Å²) in [5, 5.41) is 0. The molecule has 0 aliphatic rings. The van der Waals surface area contributed by atoms with Crippen LogP contribution in [0.5, 0.6) is 0 Å². The molecule has 0 saturated heterocycles. The summed E-state index contributed by atoms with van der Waals surface area (Å²) in [5.74, 6) is 0.0200. The maximum Gasteiger partial charge on any atom is 0.292 e. The molecule has 2 nitrogen and oxygen atoms in total. The van der Waals surface area contributed by atoms with Gasteiger partial charge >= 0.3 is 0 Å². The zero-order chi connectivity index (χ0) is 21.6. The number of unbranched alkanes of at least 4 members (excludes halogenated alkanes) is 19. The van der Waals surface area contributed by atoms with Gasteiger partial charge in [0.1, 0.15) is 0 Å². The number of hydrogen-bond donors (Lipinski definition) is 0. The van der Waals surface area contributed by atoms with Gasteiger partial charge in [-0.1, -0.05) is 129 Å². The molecule has 3 heteroatoms. The highest BCUT2D eigenvalue weighted by atomic mass is 28.4. The van der Waals surface area contributed by atoms with Gasteiger partial charge in [-0.3, -0.25) is 4.79 Å². The van der Waals surface area contributed by atoms with E-state index in [0.29, 0.717) is 6.42 Å². The molecule has 0 rings (SSSR count). The van der Waals surface area contributed by atoms with Gasteiger partial charge in [-0.2, -0.15) is 0 Å². The molecule has 0 N–H and O–H groups in total. The van der Waals surface area contributed by atoms with Crippen LogP contribution in [0.4, 0.5) is 0 Å². The molecule has 0 amide bonds. The minimum Gasteiger partial charge on any atom is -0.520 e. The number of carbonyl (C=O) groups excluding carboxylic acids is 1. The predicted octanol–water partition coefficient (Wildman–Crippen LogP) is 9.58. The van der Waals surface area contributed by atoms with Crippen molar-refractivity contribution in [1.82, 2.24) is 0 Å². The van der Waals surface area contributed by atoms with Crippen LogP contribution in [0.3, 0.4) is 0 Å². The number of rotatable bonds is 22. The van der Waals surface area contributed by atoms with E-state index in [2.05, 4.69) is 26.6 Å². The summed E-state index contributed by atoms with van der Waals surface area (Å²) in [6.45, 7) is 8.51. The Kier molecular flexibility index (Phi) is 20.7. The first-order chi connectivity index (χ1) is 14.0. The fraction of sp³-hybridized carbons (Fsp3) is 0.962. The SMILES string of the molecule is CCCCCCCCCCCCCCCCCCCCCCC(=O)O[Si](C)(C)C. The van der Waals surface area contributed by atoms with Crippen molar-refractivity contribution in [3.63, 3.8) is 0 Å². The maximum absolute atomic E-state index is 11.7. The van der Waals surface area contributed by atoms with Crippen molar-refractivity contribution < 1.29 is 9.22 Å². The van der Waals surface area contributed by atoms with Crippen molar-refractivity contribution >= 4 is 14.3 Å². The first-order valence-corrected chi connectivity index (χ1v) is 16.6. The van der Waals surface area contributed by atoms with Gasteiger partial charge < -0.3 is 4.43 Å². The van der Waals surface area contributed by atoms with Crippen molar-refractivity contribution in [3.05, 3.63) is 0 Å². The smallest absolute Gasteiger partial charge is 0.292 e. The number of hydrogen-bond acceptors (Lipinski definition) is 2. The lowest BCUT2D eigenvalue weighted by Gasteiger charge is -2.17. The minimum absolute atomic E-state index is 0.0200. The van der Waals surface area contributed by atoms with E-state index < -0.39 is 8.32 Å². The summed E-state index contributed by atoms with van der Waals surface area (Å²) in [7, 11) is -1.69. The van der Waals surface area contributed by atoms with Crippen LogP contribution in [-0.4, -0.2) is 14.3 Å². The van der Waals surface area contributed by atoms with E-state index in [0.717, 1.165) is 6.42 Å². The summed E-state index contributed by atoms with van der Waals surface area (Å²) in [5.41, 5.74) is 0. The molecule has 0 heterocycles. The van der Waals surface area contributed by atoms with Crippen LogP contribution in [0.2, 0.25) is 19.6 Å². The zero-order valence-corrected chi connectivity index (χ0v) is 21.7. The number of carbonyl (C=O) groups is 1. The van der Waals surface area contributed by atoms with Crippen LogP contribution >= 0.6 is 0 Å². The molecule has 0 atom stereocenters. The van der Waals surface area contributed by atoms with Gasteiger partial charge in [0.15, 0.2) is 0 Å². The highest BCUT2D eigenvalue weighted by Crippen LogP contribution is 2.15. The lowest BCUT2D eigenvalue weighted by molar-refractivity contribution is -0.135. The summed E-state index contributed by atoms with van der Waals surface area (Å²) in [6.07, 6.45) is 28.4.